The molecular weight excluding hydrogens is 260 g/mol. The highest BCUT2D eigenvalue weighted by Crippen LogP contribution is 2.31. The van der Waals surface area contributed by atoms with Gasteiger partial charge < -0.3 is 4.90 Å². The molecule has 0 spiro atoms. The van der Waals surface area contributed by atoms with Crippen molar-refractivity contribution in [2.45, 2.75) is 78.3 Å². The van der Waals surface area contributed by atoms with Crippen LogP contribution in [-0.4, -0.2) is 47.4 Å². The fourth-order valence-corrected chi connectivity index (χ4v) is 3.86. The summed E-state index contributed by atoms with van der Waals surface area (Å²) in [4.78, 5) is 17.2. The number of hydrogen-bond donors (Lipinski definition) is 0. The second kappa shape index (κ2) is 7.62. The molecule has 2 aliphatic heterocycles. The van der Waals surface area contributed by atoms with Crippen LogP contribution in [0.4, 0.5) is 0 Å². The Kier molecular flexibility index (Phi) is 6.09. The summed E-state index contributed by atoms with van der Waals surface area (Å²) in [5.74, 6) is 1.40. The minimum absolute atomic E-state index is 0.148. The first-order valence-electron chi connectivity index (χ1n) is 9.07. The van der Waals surface area contributed by atoms with E-state index >= 15 is 0 Å². The van der Waals surface area contributed by atoms with Gasteiger partial charge in [0.05, 0.1) is 0 Å². The lowest BCUT2D eigenvalue weighted by Crippen LogP contribution is -2.56. The molecule has 122 valence electrons. The van der Waals surface area contributed by atoms with Gasteiger partial charge in [0.25, 0.3) is 0 Å². The van der Waals surface area contributed by atoms with E-state index in [2.05, 4.69) is 23.6 Å². The molecule has 2 aliphatic rings. The number of piperazine rings is 1. The van der Waals surface area contributed by atoms with Crippen LogP contribution in [0.25, 0.3) is 0 Å². The standard InChI is InChI=1S/C18H34N2O/c1-5-15(4)8-6-7-11-19-12-16-9-10-17(13-19)20(16)18(21)14(2)3/h14-17H,5-13H2,1-4H3/t15?,16-,17+. The van der Waals surface area contributed by atoms with E-state index in [1.165, 1.54) is 45.1 Å². The molecule has 2 bridgehead atoms. The predicted molar refractivity (Wildman–Crippen MR) is 88.2 cm³/mol. The van der Waals surface area contributed by atoms with Crippen molar-refractivity contribution < 1.29 is 4.79 Å². The number of nitrogens with zero attached hydrogens (tertiary/aromatic N) is 2. The lowest BCUT2D eigenvalue weighted by atomic mass is 10.0. The van der Waals surface area contributed by atoms with Crippen molar-refractivity contribution >= 4 is 5.91 Å². The van der Waals surface area contributed by atoms with Gasteiger partial charge in [-0.2, -0.15) is 0 Å². The molecule has 1 unspecified atom stereocenters. The van der Waals surface area contributed by atoms with E-state index in [1.807, 2.05) is 13.8 Å². The van der Waals surface area contributed by atoms with Gasteiger partial charge in [0.1, 0.15) is 0 Å². The number of fused-ring (bicyclic) bond motifs is 2. The number of amides is 1. The molecule has 0 aromatic rings. The molecule has 0 aromatic carbocycles. The Morgan fingerprint density at radius 1 is 1.10 bits per heavy atom. The lowest BCUT2D eigenvalue weighted by molar-refractivity contribution is -0.140. The van der Waals surface area contributed by atoms with Crippen LogP contribution in [0, 0.1) is 11.8 Å². The van der Waals surface area contributed by atoms with Crippen molar-refractivity contribution in [2.24, 2.45) is 11.8 Å². The summed E-state index contributed by atoms with van der Waals surface area (Å²) in [7, 11) is 0. The molecule has 0 radical (unpaired) electrons. The molecule has 2 rings (SSSR count). The molecule has 3 heteroatoms. The van der Waals surface area contributed by atoms with Crippen molar-refractivity contribution in [3.63, 3.8) is 0 Å². The highest BCUT2D eigenvalue weighted by Gasteiger charge is 2.42. The maximum Gasteiger partial charge on any atom is 0.225 e. The third-order valence-electron chi connectivity index (χ3n) is 5.42. The molecule has 3 nitrogen and oxygen atoms in total. The fraction of sp³-hybridized carbons (Fsp3) is 0.944. The van der Waals surface area contributed by atoms with E-state index in [1.54, 1.807) is 0 Å². The number of rotatable bonds is 7. The predicted octanol–water partition coefficient (Wildman–Crippen LogP) is 3.53. The van der Waals surface area contributed by atoms with Gasteiger partial charge in [-0.05, 0) is 31.7 Å². The zero-order valence-electron chi connectivity index (χ0n) is 14.5. The summed E-state index contributed by atoms with van der Waals surface area (Å²) in [5, 5.41) is 0. The van der Waals surface area contributed by atoms with Gasteiger partial charge in [-0.15, -0.1) is 0 Å². The molecule has 3 atom stereocenters. The SMILES string of the molecule is CCC(C)CCCCN1C[C@H]2CC[C@@H](C1)N2C(=O)C(C)C. The molecule has 0 N–H and O–H groups in total. The van der Waals surface area contributed by atoms with Crippen LogP contribution >= 0.6 is 0 Å². The maximum atomic E-state index is 12.3. The van der Waals surface area contributed by atoms with Gasteiger partial charge >= 0.3 is 0 Å². The van der Waals surface area contributed by atoms with Crippen LogP contribution in [0.3, 0.4) is 0 Å². The number of likely N-dealkylation sites (tertiary alicyclic amines) is 1. The van der Waals surface area contributed by atoms with Crippen LogP contribution in [0.2, 0.25) is 0 Å². The van der Waals surface area contributed by atoms with Gasteiger partial charge in [0, 0.05) is 31.1 Å². The van der Waals surface area contributed by atoms with Crippen molar-refractivity contribution in [2.75, 3.05) is 19.6 Å². The topological polar surface area (TPSA) is 23.6 Å². The molecule has 21 heavy (non-hydrogen) atoms. The average molecular weight is 294 g/mol. The Morgan fingerprint density at radius 2 is 1.71 bits per heavy atom. The van der Waals surface area contributed by atoms with Crippen LogP contribution in [0.1, 0.15) is 66.2 Å². The molecule has 0 saturated carbocycles. The van der Waals surface area contributed by atoms with Crippen molar-refractivity contribution in [3.05, 3.63) is 0 Å². The Balaban J connectivity index is 1.75. The zero-order chi connectivity index (χ0) is 15.4. The Labute approximate surface area is 131 Å². The van der Waals surface area contributed by atoms with Crippen LogP contribution < -0.4 is 0 Å². The van der Waals surface area contributed by atoms with Gasteiger partial charge in [0.15, 0.2) is 0 Å². The lowest BCUT2D eigenvalue weighted by Gasteiger charge is -2.42. The van der Waals surface area contributed by atoms with E-state index in [-0.39, 0.29) is 5.92 Å². The first kappa shape index (κ1) is 16.8. The summed E-state index contributed by atoms with van der Waals surface area (Å²) in [6.07, 6.45) is 7.78. The van der Waals surface area contributed by atoms with E-state index in [0.29, 0.717) is 18.0 Å². The highest BCUT2D eigenvalue weighted by atomic mass is 16.2. The molecule has 1 amide bonds. The van der Waals surface area contributed by atoms with Crippen LogP contribution in [0.15, 0.2) is 0 Å². The van der Waals surface area contributed by atoms with Gasteiger partial charge in [-0.1, -0.05) is 47.0 Å². The summed E-state index contributed by atoms with van der Waals surface area (Å²) in [5.41, 5.74) is 0. The van der Waals surface area contributed by atoms with Gasteiger partial charge in [-0.25, -0.2) is 0 Å². The van der Waals surface area contributed by atoms with Crippen LogP contribution in [-0.2, 0) is 4.79 Å². The quantitative estimate of drug-likeness (QED) is 0.671. The van der Waals surface area contributed by atoms with E-state index in [9.17, 15) is 4.79 Å². The fourth-order valence-electron chi connectivity index (χ4n) is 3.86. The van der Waals surface area contributed by atoms with Crippen LogP contribution in [0.5, 0.6) is 0 Å². The second-order valence-corrected chi connectivity index (χ2v) is 7.55. The summed E-state index contributed by atoms with van der Waals surface area (Å²) in [6, 6.07) is 0.987. The van der Waals surface area contributed by atoms with E-state index < -0.39 is 0 Å². The Bertz CT molecular complexity index is 328. The highest BCUT2D eigenvalue weighted by molar-refractivity contribution is 5.79. The van der Waals surface area contributed by atoms with Gasteiger partial charge in [0.2, 0.25) is 5.91 Å². The number of carbonyl (C=O) groups is 1. The monoisotopic (exact) mass is 294 g/mol. The largest absolute Gasteiger partial charge is 0.334 e. The summed E-state index contributed by atoms with van der Waals surface area (Å²) >= 11 is 0. The normalized spacial score (nSPS) is 27.4. The molecule has 2 fully saturated rings. The molecule has 0 aromatic heterocycles. The second-order valence-electron chi connectivity index (χ2n) is 7.55. The Morgan fingerprint density at radius 3 is 2.24 bits per heavy atom. The minimum atomic E-state index is 0.148. The van der Waals surface area contributed by atoms with Gasteiger partial charge in [-0.3, -0.25) is 9.69 Å². The molecule has 2 saturated heterocycles. The molecular formula is C18H34N2O. The number of carbonyl (C=O) groups excluding carboxylic acids is 1. The third kappa shape index (κ3) is 4.21. The van der Waals surface area contributed by atoms with Crippen molar-refractivity contribution in [1.82, 2.24) is 9.80 Å². The zero-order valence-corrected chi connectivity index (χ0v) is 14.5. The maximum absolute atomic E-state index is 12.3. The van der Waals surface area contributed by atoms with E-state index in [0.717, 1.165) is 19.0 Å². The van der Waals surface area contributed by atoms with Crippen molar-refractivity contribution in [3.8, 4) is 0 Å². The smallest absolute Gasteiger partial charge is 0.225 e. The third-order valence-corrected chi connectivity index (χ3v) is 5.42. The number of hydrogen-bond acceptors (Lipinski definition) is 2. The average Bonchev–Trinajstić information content (AvgIpc) is 2.73. The first-order chi connectivity index (χ1) is 10.0. The molecule has 0 aliphatic carbocycles. The minimum Gasteiger partial charge on any atom is -0.334 e. The van der Waals surface area contributed by atoms with E-state index in [4.69, 9.17) is 0 Å². The first-order valence-corrected chi connectivity index (χ1v) is 9.07. The summed E-state index contributed by atoms with van der Waals surface area (Å²) < 4.78 is 0. The van der Waals surface area contributed by atoms with Crippen molar-refractivity contribution in [1.29, 1.82) is 0 Å². The molecule has 2 heterocycles. The number of unbranched alkanes of at least 4 members (excludes halogenated alkanes) is 1. The Hall–Kier alpha value is -0.570. The summed E-state index contributed by atoms with van der Waals surface area (Å²) in [6.45, 7) is 12.2.